The van der Waals surface area contributed by atoms with E-state index in [9.17, 15) is 9.90 Å². The minimum absolute atomic E-state index is 0.109. The molecule has 0 fully saturated rings. The first kappa shape index (κ1) is 11.3. The van der Waals surface area contributed by atoms with Gasteiger partial charge in [-0.2, -0.15) is 0 Å². The van der Waals surface area contributed by atoms with Crippen molar-refractivity contribution >= 4 is 11.5 Å². The molecule has 1 aliphatic rings. The van der Waals surface area contributed by atoms with E-state index in [0.29, 0.717) is 17.0 Å². The van der Waals surface area contributed by atoms with Crippen molar-refractivity contribution in [3.63, 3.8) is 0 Å². The molecule has 0 saturated carbocycles. The lowest BCUT2D eigenvalue weighted by atomic mass is 9.97. The molecule has 0 bridgehead atoms. The molecule has 1 rings (SSSR count). The zero-order valence-corrected chi connectivity index (χ0v) is 9.21. The van der Waals surface area contributed by atoms with Crippen molar-refractivity contribution in [2.45, 2.75) is 6.92 Å². The number of ketones is 1. The number of carbonyl (C=O) groups excluding carboxylic acids is 1. The zero-order chi connectivity index (χ0) is 11.6. The van der Waals surface area contributed by atoms with Crippen molar-refractivity contribution in [2.75, 3.05) is 21.2 Å². The van der Waals surface area contributed by atoms with E-state index in [1.54, 1.807) is 21.0 Å². The number of aliphatic imine (C=N–C) groups is 1. The van der Waals surface area contributed by atoms with E-state index in [1.807, 2.05) is 0 Å². The molecule has 0 aromatic heterocycles. The smallest absolute Gasteiger partial charge is 0.229 e. The summed E-state index contributed by atoms with van der Waals surface area (Å²) in [6.45, 7) is 1.63. The number of Topliss-reactive ketones (excluding diaryl/α,β-unsaturated/α-hetero) is 1. The lowest BCUT2D eigenvalue weighted by Gasteiger charge is -2.20. The monoisotopic (exact) mass is 210 g/mol. The molecule has 2 N–H and O–H groups in total. The van der Waals surface area contributed by atoms with Gasteiger partial charge in [0.15, 0.2) is 5.76 Å². The molecule has 0 heterocycles. The van der Waals surface area contributed by atoms with Gasteiger partial charge in [0.2, 0.25) is 11.5 Å². The number of methoxy groups -OCH3 is 1. The Morgan fingerprint density at radius 2 is 2.07 bits per heavy atom. The zero-order valence-electron chi connectivity index (χ0n) is 9.21. The summed E-state index contributed by atoms with van der Waals surface area (Å²) in [6, 6.07) is 0. The SMILES string of the molecule is CN=C1C(NC)=C(C)C(=O)C(O)=C1OC. The number of ether oxygens (including phenoxy) is 1. The molecule has 15 heavy (non-hydrogen) atoms. The van der Waals surface area contributed by atoms with E-state index in [-0.39, 0.29) is 5.76 Å². The van der Waals surface area contributed by atoms with Crippen molar-refractivity contribution in [1.29, 1.82) is 0 Å². The summed E-state index contributed by atoms with van der Waals surface area (Å²) < 4.78 is 4.96. The van der Waals surface area contributed by atoms with Gasteiger partial charge in [-0.05, 0) is 6.92 Å². The molecule has 0 spiro atoms. The molecule has 0 radical (unpaired) electrons. The molecule has 0 amide bonds. The van der Waals surface area contributed by atoms with E-state index in [2.05, 4.69) is 10.3 Å². The fourth-order valence-corrected chi connectivity index (χ4v) is 1.51. The number of aliphatic hydroxyl groups is 1. The Hall–Kier alpha value is -1.78. The molecular weight excluding hydrogens is 196 g/mol. The standard InChI is InChI=1S/C10H14N2O3/c1-5-6(11-2)7(12-3)10(15-4)9(14)8(5)13/h11,14H,1-4H3. The van der Waals surface area contributed by atoms with E-state index < -0.39 is 11.5 Å². The average Bonchev–Trinajstić information content (AvgIpc) is 2.25. The largest absolute Gasteiger partial charge is 0.501 e. The molecule has 0 aromatic carbocycles. The van der Waals surface area contributed by atoms with Gasteiger partial charge in [-0.1, -0.05) is 0 Å². The van der Waals surface area contributed by atoms with Gasteiger partial charge in [-0.25, -0.2) is 0 Å². The number of hydrogen-bond acceptors (Lipinski definition) is 5. The van der Waals surface area contributed by atoms with Crippen LogP contribution in [0.25, 0.3) is 0 Å². The lowest BCUT2D eigenvalue weighted by Crippen LogP contribution is -2.30. The van der Waals surface area contributed by atoms with Crippen molar-refractivity contribution in [1.82, 2.24) is 5.32 Å². The van der Waals surface area contributed by atoms with Crippen LogP contribution in [0.1, 0.15) is 6.92 Å². The van der Waals surface area contributed by atoms with Crippen molar-refractivity contribution in [3.05, 3.63) is 22.8 Å². The third-order valence-electron chi connectivity index (χ3n) is 2.28. The van der Waals surface area contributed by atoms with Crippen LogP contribution in [0.5, 0.6) is 0 Å². The second-order valence-corrected chi connectivity index (χ2v) is 3.03. The second-order valence-electron chi connectivity index (χ2n) is 3.03. The maximum Gasteiger partial charge on any atom is 0.229 e. The molecule has 0 unspecified atom stereocenters. The predicted octanol–water partition coefficient (Wildman–Crippen LogP) is 0.549. The fourth-order valence-electron chi connectivity index (χ4n) is 1.51. The highest BCUT2D eigenvalue weighted by molar-refractivity contribution is 6.24. The Morgan fingerprint density at radius 3 is 2.47 bits per heavy atom. The number of aliphatic hydroxyl groups excluding tert-OH is 1. The van der Waals surface area contributed by atoms with E-state index in [4.69, 9.17) is 4.74 Å². The molecule has 0 aromatic rings. The molecule has 1 aliphatic carbocycles. The van der Waals surface area contributed by atoms with Gasteiger partial charge in [-0.15, -0.1) is 0 Å². The van der Waals surface area contributed by atoms with E-state index in [1.165, 1.54) is 7.11 Å². The summed E-state index contributed by atoms with van der Waals surface area (Å²) in [4.78, 5) is 15.6. The lowest BCUT2D eigenvalue weighted by molar-refractivity contribution is -0.115. The van der Waals surface area contributed by atoms with Crippen molar-refractivity contribution in [3.8, 4) is 0 Å². The number of nitrogens with zero attached hydrogens (tertiary/aromatic N) is 1. The summed E-state index contributed by atoms with van der Waals surface area (Å²) >= 11 is 0. The van der Waals surface area contributed by atoms with Crippen molar-refractivity contribution in [2.24, 2.45) is 4.99 Å². The Kier molecular flexibility index (Phi) is 3.14. The maximum atomic E-state index is 11.6. The maximum absolute atomic E-state index is 11.6. The van der Waals surface area contributed by atoms with Gasteiger partial charge in [0.25, 0.3) is 0 Å². The van der Waals surface area contributed by atoms with Crippen LogP contribution >= 0.6 is 0 Å². The number of carbonyl (C=O) groups is 1. The van der Waals surface area contributed by atoms with Crippen LogP contribution in [-0.2, 0) is 9.53 Å². The fraction of sp³-hybridized carbons (Fsp3) is 0.400. The summed E-state index contributed by atoms with van der Waals surface area (Å²) in [7, 11) is 4.65. The molecule has 0 atom stereocenters. The highest BCUT2D eigenvalue weighted by atomic mass is 16.5. The van der Waals surface area contributed by atoms with Crippen LogP contribution in [0.15, 0.2) is 27.8 Å². The quantitative estimate of drug-likeness (QED) is 0.653. The number of nitrogens with one attached hydrogen (secondary N) is 1. The van der Waals surface area contributed by atoms with Gasteiger partial charge < -0.3 is 15.2 Å². The van der Waals surface area contributed by atoms with Gasteiger partial charge in [-0.3, -0.25) is 9.79 Å². The molecule has 5 nitrogen and oxygen atoms in total. The highest BCUT2D eigenvalue weighted by Crippen LogP contribution is 2.22. The Balaban J connectivity index is 3.40. The average molecular weight is 210 g/mol. The topological polar surface area (TPSA) is 70.9 Å². The van der Waals surface area contributed by atoms with Crippen LogP contribution < -0.4 is 5.32 Å². The van der Waals surface area contributed by atoms with Gasteiger partial charge >= 0.3 is 0 Å². The van der Waals surface area contributed by atoms with Crippen LogP contribution in [0.4, 0.5) is 0 Å². The van der Waals surface area contributed by atoms with Crippen molar-refractivity contribution < 1.29 is 14.6 Å². The van der Waals surface area contributed by atoms with Crippen LogP contribution in [0, 0.1) is 0 Å². The first-order valence-electron chi connectivity index (χ1n) is 4.46. The molecule has 0 aliphatic heterocycles. The first-order valence-corrected chi connectivity index (χ1v) is 4.46. The molecular formula is C10H14N2O3. The predicted molar refractivity (Wildman–Crippen MR) is 56.8 cm³/mol. The Morgan fingerprint density at radius 1 is 1.47 bits per heavy atom. The van der Waals surface area contributed by atoms with Gasteiger partial charge in [0.1, 0.15) is 5.71 Å². The third kappa shape index (κ3) is 1.60. The Labute approximate surface area is 88.2 Å². The van der Waals surface area contributed by atoms with Crippen LogP contribution in [0.3, 0.4) is 0 Å². The number of allylic oxidation sites excluding steroid dienone is 1. The van der Waals surface area contributed by atoms with E-state index in [0.717, 1.165) is 0 Å². The molecule has 5 heteroatoms. The summed E-state index contributed by atoms with van der Waals surface area (Å²) in [5.41, 5.74) is 1.46. The van der Waals surface area contributed by atoms with Gasteiger partial charge in [0.05, 0.1) is 12.8 Å². The number of rotatable bonds is 2. The summed E-state index contributed by atoms with van der Waals surface area (Å²) in [5.74, 6) is -0.726. The minimum atomic E-state index is -0.441. The highest BCUT2D eigenvalue weighted by Gasteiger charge is 2.31. The Bertz CT molecular complexity index is 359. The third-order valence-corrected chi connectivity index (χ3v) is 2.28. The normalized spacial score (nSPS) is 20.0. The van der Waals surface area contributed by atoms with Crippen LogP contribution in [0.2, 0.25) is 0 Å². The molecule has 0 saturated heterocycles. The molecule has 82 valence electrons. The minimum Gasteiger partial charge on any atom is -0.501 e. The number of hydrogen-bond donors (Lipinski definition) is 2. The summed E-state index contributed by atoms with van der Waals surface area (Å²) in [6.07, 6.45) is 0. The summed E-state index contributed by atoms with van der Waals surface area (Å²) in [5, 5.41) is 12.5. The van der Waals surface area contributed by atoms with E-state index >= 15 is 0 Å². The van der Waals surface area contributed by atoms with Crippen LogP contribution in [-0.4, -0.2) is 37.8 Å². The second kappa shape index (κ2) is 4.16. The first-order chi connectivity index (χ1) is 7.08. The van der Waals surface area contributed by atoms with Gasteiger partial charge in [0, 0.05) is 19.7 Å².